The van der Waals surface area contributed by atoms with Crippen LogP contribution in [0.4, 0.5) is 5.13 Å². The second-order valence-corrected chi connectivity index (χ2v) is 10.0. The van der Waals surface area contributed by atoms with Crippen molar-refractivity contribution in [2.45, 2.75) is 19.8 Å². The van der Waals surface area contributed by atoms with Gasteiger partial charge in [-0.05, 0) is 31.9 Å². The maximum absolute atomic E-state index is 12.4. The molecule has 0 radical (unpaired) electrons. The zero-order valence-electron chi connectivity index (χ0n) is 13.5. The number of aromatic nitrogens is 1. The number of rotatable bonds is 4. The Hall–Kier alpha value is -1.29. The smallest absolute Gasteiger partial charge is 0.229 e. The van der Waals surface area contributed by atoms with Gasteiger partial charge in [-0.25, -0.2) is 17.7 Å². The van der Waals surface area contributed by atoms with Crippen molar-refractivity contribution in [3.05, 3.63) is 22.4 Å². The number of piperidine rings is 1. The molecule has 6 nitrogen and oxygen atoms in total. The third-order valence-corrected chi connectivity index (χ3v) is 7.10. The molecule has 0 saturated carbocycles. The maximum Gasteiger partial charge on any atom is 0.229 e. The second-order valence-electron chi connectivity index (χ2n) is 5.87. The quantitative estimate of drug-likeness (QED) is 0.878. The number of amides is 1. The Morgan fingerprint density at radius 3 is 2.62 bits per heavy atom. The molecule has 24 heavy (non-hydrogen) atoms. The summed E-state index contributed by atoms with van der Waals surface area (Å²) < 4.78 is 24.5. The molecule has 2 aromatic rings. The summed E-state index contributed by atoms with van der Waals surface area (Å²) in [7, 11) is -3.17. The third kappa shape index (κ3) is 4.02. The van der Waals surface area contributed by atoms with Gasteiger partial charge in [0.25, 0.3) is 0 Å². The van der Waals surface area contributed by atoms with Gasteiger partial charge in [-0.15, -0.1) is 22.7 Å². The van der Waals surface area contributed by atoms with Gasteiger partial charge < -0.3 is 5.32 Å². The SMILES string of the molecule is Cc1ccc(-c2csc(NC(=O)C3CCN(S(C)(=O)=O)CC3)n2)s1. The first-order valence-corrected chi connectivity index (χ1v) is 11.2. The van der Waals surface area contributed by atoms with Crippen LogP contribution in [0.1, 0.15) is 17.7 Å². The van der Waals surface area contributed by atoms with Crippen molar-refractivity contribution in [2.75, 3.05) is 24.7 Å². The summed E-state index contributed by atoms with van der Waals surface area (Å²) >= 11 is 3.08. The van der Waals surface area contributed by atoms with E-state index in [-0.39, 0.29) is 11.8 Å². The molecule has 1 amide bonds. The Balaban J connectivity index is 1.59. The Labute approximate surface area is 149 Å². The summed E-state index contributed by atoms with van der Waals surface area (Å²) in [6.45, 7) is 2.84. The number of hydrogen-bond acceptors (Lipinski definition) is 6. The molecule has 1 fully saturated rings. The van der Waals surface area contributed by atoms with E-state index < -0.39 is 10.0 Å². The van der Waals surface area contributed by atoms with Crippen molar-refractivity contribution in [1.29, 1.82) is 0 Å². The van der Waals surface area contributed by atoms with Crippen LogP contribution in [0, 0.1) is 12.8 Å². The lowest BCUT2D eigenvalue weighted by atomic mass is 9.97. The first-order chi connectivity index (χ1) is 11.3. The van der Waals surface area contributed by atoms with Crippen molar-refractivity contribution in [1.82, 2.24) is 9.29 Å². The molecule has 130 valence electrons. The van der Waals surface area contributed by atoms with Crippen LogP contribution in [-0.4, -0.2) is 43.0 Å². The van der Waals surface area contributed by atoms with Crippen LogP contribution in [0.3, 0.4) is 0 Å². The molecular formula is C15H19N3O3S3. The first kappa shape index (κ1) is 17.5. The molecule has 0 aliphatic carbocycles. The number of thiazole rings is 1. The highest BCUT2D eigenvalue weighted by molar-refractivity contribution is 7.88. The number of nitrogens with zero attached hydrogens (tertiary/aromatic N) is 2. The molecular weight excluding hydrogens is 366 g/mol. The minimum absolute atomic E-state index is 0.0774. The first-order valence-electron chi connectivity index (χ1n) is 7.61. The van der Waals surface area contributed by atoms with Gasteiger partial charge in [0.05, 0.1) is 16.8 Å². The molecule has 0 bridgehead atoms. The van der Waals surface area contributed by atoms with E-state index in [1.54, 1.807) is 11.3 Å². The van der Waals surface area contributed by atoms with Crippen molar-refractivity contribution >= 4 is 43.7 Å². The summed E-state index contributed by atoms with van der Waals surface area (Å²) in [5, 5.41) is 5.39. The molecule has 1 aliphatic heterocycles. The Bertz CT molecular complexity index is 833. The number of sulfonamides is 1. The topological polar surface area (TPSA) is 79.4 Å². The average molecular weight is 386 g/mol. The van der Waals surface area contributed by atoms with Gasteiger partial charge in [0.2, 0.25) is 15.9 Å². The fraction of sp³-hybridized carbons (Fsp3) is 0.467. The van der Waals surface area contributed by atoms with Gasteiger partial charge in [-0.1, -0.05) is 0 Å². The minimum atomic E-state index is -3.17. The lowest BCUT2D eigenvalue weighted by Crippen LogP contribution is -2.40. The highest BCUT2D eigenvalue weighted by Crippen LogP contribution is 2.31. The van der Waals surface area contributed by atoms with Crippen LogP contribution < -0.4 is 5.32 Å². The minimum Gasteiger partial charge on any atom is -0.302 e. The van der Waals surface area contributed by atoms with E-state index in [4.69, 9.17) is 0 Å². The maximum atomic E-state index is 12.4. The summed E-state index contributed by atoms with van der Waals surface area (Å²) in [5.74, 6) is -0.245. The largest absolute Gasteiger partial charge is 0.302 e. The zero-order valence-corrected chi connectivity index (χ0v) is 15.9. The second kappa shape index (κ2) is 6.91. The molecule has 1 N–H and O–H groups in total. The molecule has 1 saturated heterocycles. The van der Waals surface area contributed by atoms with Crippen molar-refractivity contribution in [2.24, 2.45) is 5.92 Å². The molecule has 3 rings (SSSR count). The summed E-state index contributed by atoms with van der Waals surface area (Å²) in [6, 6.07) is 4.08. The summed E-state index contributed by atoms with van der Waals surface area (Å²) in [5.41, 5.74) is 0.875. The monoisotopic (exact) mass is 385 g/mol. The molecule has 1 aliphatic rings. The van der Waals surface area contributed by atoms with Crippen LogP contribution in [0.2, 0.25) is 0 Å². The number of anilines is 1. The van der Waals surface area contributed by atoms with E-state index in [9.17, 15) is 13.2 Å². The molecule has 9 heteroatoms. The number of carbonyl (C=O) groups excluding carboxylic acids is 1. The van der Waals surface area contributed by atoms with Crippen LogP contribution in [0.15, 0.2) is 17.5 Å². The average Bonchev–Trinajstić information content (AvgIpc) is 3.15. The molecule has 2 aromatic heterocycles. The number of carbonyl (C=O) groups is 1. The molecule has 3 heterocycles. The van der Waals surface area contributed by atoms with Crippen molar-refractivity contribution in [3.8, 4) is 10.6 Å². The standard InChI is InChI=1S/C15H19N3O3S3/c1-10-3-4-13(23-10)12-9-22-15(16-12)17-14(19)11-5-7-18(8-6-11)24(2,20)21/h3-4,9,11H,5-8H2,1-2H3,(H,16,17,19). The van der Waals surface area contributed by atoms with E-state index in [0.717, 1.165) is 10.6 Å². The van der Waals surface area contributed by atoms with Crippen molar-refractivity contribution < 1.29 is 13.2 Å². The van der Waals surface area contributed by atoms with Gasteiger partial charge in [0, 0.05) is 29.3 Å². The van der Waals surface area contributed by atoms with Crippen molar-refractivity contribution in [3.63, 3.8) is 0 Å². The molecule has 0 atom stereocenters. The van der Waals surface area contributed by atoms with Gasteiger partial charge >= 0.3 is 0 Å². The Morgan fingerprint density at radius 2 is 2.04 bits per heavy atom. The molecule has 0 aromatic carbocycles. The van der Waals surface area contributed by atoms with Crippen LogP contribution >= 0.6 is 22.7 Å². The predicted molar refractivity (Wildman–Crippen MR) is 97.9 cm³/mol. The summed E-state index contributed by atoms with van der Waals surface area (Å²) in [6.07, 6.45) is 2.29. The van der Waals surface area contributed by atoms with Crippen LogP contribution in [0.5, 0.6) is 0 Å². The van der Waals surface area contributed by atoms with E-state index in [0.29, 0.717) is 31.1 Å². The van der Waals surface area contributed by atoms with Crippen LogP contribution in [-0.2, 0) is 14.8 Å². The number of hydrogen-bond donors (Lipinski definition) is 1. The van der Waals surface area contributed by atoms with Crippen LogP contribution in [0.25, 0.3) is 10.6 Å². The third-order valence-electron chi connectivity index (χ3n) is 4.02. The Kier molecular flexibility index (Phi) is 5.05. The van der Waals surface area contributed by atoms with Gasteiger partial charge in [0.15, 0.2) is 5.13 Å². The van der Waals surface area contributed by atoms with E-state index in [1.807, 2.05) is 24.4 Å². The van der Waals surface area contributed by atoms with Gasteiger partial charge in [-0.2, -0.15) is 0 Å². The number of thiophene rings is 1. The van der Waals surface area contributed by atoms with E-state index in [1.165, 1.54) is 26.8 Å². The van der Waals surface area contributed by atoms with E-state index >= 15 is 0 Å². The summed E-state index contributed by atoms with van der Waals surface area (Å²) in [4.78, 5) is 19.1. The van der Waals surface area contributed by atoms with E-state index in [2.05, 4.69) is 10.3 Å². The number of nitrogens with one attached hydrogen (secondary N) is 1. The number of aryl methyl sites for hydroxylation is 1. The predicted octanol–water partition coefficient (Wildman–Crippen LogP) is 2.79. The normalized spacial score (nSPS) is 17.1. The lowest BCUT2D eigenvalue weighted by Gasteiger charge is -2.29. The van der Waals surface area contributed by atoms with Gasteiger partial charge in [0.1, 0.15) is 0 Å². The fourth-order valence-electron chi connectivity index (χ4n) is 2.67. The molecule has 0 unspecified atom stereocenters. The van der Waals surface area contributed by atoms with Gasteiger partial charge in [-0.3, -0.25) is 4.79 Å². The lowest BCUT2D eigenvalue weighted by molar-refractivity contribution is -0.120. The zero-order chi connectivity index (χ0) is 17.3. The highest BCUT2D eigenvalue weighted by Gasteiger charge is 2.29. The fourth-order valence-corrected chi connectivity index (χ4v) is 5.16. The highest BCUT2D eigenvalue weighted by atomic mass is 32.2. The Morgan fingerprint density at radius 1 is 1.33 bits per heavy atom. The molecule has 0 spiro atoms.